The minimum absolute atomic E-state index is 0.588. The highest BCUT2D eigenvalue weighted by atomic mass is 35.5. The Morgan fingerprint density at radius 3 is 2.81 bits per heavy atom. The van der Waals surface area contributed by atoms with Crippen LogP contribution in [0.15, 0.2) is 18.2 Å². The van der Waals surface area contributed by atoms with Gasteiger partial charge < -0.3 is 10.1 Å². The number of rotatable bonds is 3. The fourth-order valence-corrected chi connectivity index (χ4v) is 2.12. The van der Waals surface area contributed by atoms with Crippen molar-refractivity contribution in [3.8, 4) is 16.3 Å². The predicted molar refractivity (Wildman–Crippen MR) is 66.5 cm³/mol. The molecule has 0 atom stereocenters. The molecule has 1 aromatic carbocycles. The van der Waals surface area contributed by atoms with Crippen molar-refractivity contribution in [1.82, 2.24) is 10.2 Å². The first-order valence-electron chi connectivity index (χ1n) is 4.59. The number of nitrogens with zero attached hydrogens (tertiary/aromatic N) is 2. The standard InChI is InChI=1S/C10H10ClN3OS/c1-12-10-14-13-9(16-10)6-3-4-7(11)8(5-6)15-2/h3-5H,1-2H3,(H,12,14). The number of aromatic nitrogens is 2. The van der Waals surface area contributed by atoms with Crippen LogP contribution in [0.5, 0.6) is 5.75 Å². The monoisotopic (exact) mass is 255 g/mol. The van der Waals surface area contributed by atoms with E-state index in [1.807, 2.05) is 19.2 Å². The summed E-state index contributed by atoms with van der Waals surface area (Å²) in [5, 5.41) is 13.2. The molecule has 0 radical (unpaired) electrons. The number of benzene rings is 1. The zero-order chi connectivity index (χ0) is 11.5. The lowest BCUT2D eigenvalue weighted by molar-refractivity contribution is 0.415. The van der Waals surface area contributed by atoms with Gasteiger partial charge in [-0.1, -0.05) is 29.0 Å². The van der Waals surface area contributed by atoms with Gasteiger partial charge in [-0.05, 0) is 12.1 Å². The molecular weight excluding hydrogens is 246 g/mol. The van der Waals surface area contributed by atoms with Gasteiger partial charge in [-0.25, -0.2) is 0 Å². The fraction of sp³-hybridized carbons (Fsp3) is 0.200. The quantitative estimate of drug-likeness (QED) is 0.916. The van der Waals surface area contributed by atoms with Crippen LogP contribution in [0.1, 0.15) is 0 Å². The molecule has 0 aliphatic heterocycles. The summed E-state index contributed by atoms with van der Waals surface area (Å²) in [6.45, 7) is 0. The number of nitrogens with one attached hydrogen (secondary N) is 1. The van der Waals surface area contributed by atoms with Crippen LogP contribution in [0.2, 0.25) is 5.02 Å². The number of ether oxygens (including phenoxy) is 1. The Labute approximate surface area is 102 Å². The largest absolute Gasteiger partial charge is 0.495 e. The molecule has 0 spiro atoms. The van der Waals surface area contributed by atoms with Gasteiger partial charge >= 0.3 is 0 Å². The first-order chi connectivity index (χ1) is 7.74. The highest BCUT2D eigenvalue weighted by molar-refractivity contribution is 7.18. The van der Waals surface area contributed by atoms with Gasteiger partial charge in [-0.2, -0.15) is 0 Å². The van der Waals surface area contributed by atoms with Crippen molar-refractivity contribution >= 4 is 28.1 Å². The summed E-state index contributed by atoms with van der Waals surface area (Å²) in [5.41, 5.74) is 0.945. The number of methoxy groups -OCH3 is 1. The van der Waals surface area contributed by atoms with Crippen molar-refractivity contribution in [3.63, 3.8) is 0 Å². The zero-order valence-electron chi connectivity index (χ0n) is 8.82. The normalized spacial score (nSPS) is 10.2. The molecule has 1 heterocycles. The van der Waals surface area contributed by atoms with Crippen LogP contribution in [0.4, 0.5) is 5.13 Å². The van der Waals surface area contributed by atoms with Gasteiger partial charge in [0.25, 0.3) is 0 Å². The Bertz CT molecular complexity index is 501. The van der Waals surface area contributed by atoms with Gasteiger partial charge in [0.05, 0.1) is 12.1 Å². The Morgan fingerprint density at radius 1 is 1.38 bits per heavy atom. The maximum Gasteiger partial charge on any atom is 0.205 e. The van der Waals surface area contributed by atoms with E-state index < -0.39 is 0 Å². The molecule has 0 saturated carbocycles. The third kappa shape index (κ3) is 2.10. The highest BCUT2D eigenvalue weighted by Gasteiger charge is 2.08. The molecule has 0 fully saturated rings. The number of hydrogen-bond donors (Lipinski definition) is 1. The van der Waals surface area contributed by atoms with E-state index in [1.165, 1.54) is 11.3 Å². The third-order valence-corrected chi connectivity index (χ3v) is 3.34. The fourth-order valence-electron chi connectivity index (χ4n) is 1.23. The molecule has 2 aromatic rings. The molecule has 16 heavy (non-hydrogen) atoms. The van der Waals surface area contributed by atoms with Crippen LogP contribution in [-0.2, 0) is 0 Å². The third-order valence-electron chi connectivity index (χ3n) is 2.04. The second-order valence-corrected chi connectivity index (χ2v) is 4.40. The molecule has 0 aliphatic carbocycles. The lowest BCUT2D eigenvalue weighted by Crippen LogP contribution is -1.85. The topological polar surface area (TPSA) is 47.0 Å². The summed E-state index contributed by atoms with van der Waals surface area (Å²) in [5.74, 6) is 0.639. The molecule has 2 rings (SSSR count). The van der Waals surface area contributed by atoms with Crippen molar-refractivity contribution < 1.29 is 4.74 Å². The van der Waals surface area contributed by atoms with Crippen LogP contribution in [0.3, 0.4) is 0 Å². The Morgan fingerprint density at radius 2 is 2.19 bits per heavy atom. The van der Waals surface area contributed by atoms with E-state index >= 15 is 0 Å². The molecular formula is C10H10ClN3OS. The van der Waals surface area contributed by atoms with Crippen molar-refractivity contribution in [2.75, 3.05) is 19.5 Å². The maximum atomic E-state index is 5.95. The van der Waals surface area contributed by atoms with E-state index in [0.717, 1.165) is 15.7 Å². The minimum Gasteiger partial charge on any atom is -0.495 e. The van der Waals surface area contributed by atoms with E-state index in [1.54, 1.807) is 13.2 Å². The van der Waals surface area contributed by atoms with Crippen molar-refractivity contribution in [3.05, 3.63) is 23.2 Å². The van der Waals surface area contributed by atoms with Gasteiger partial charge in [-0.3, -0.25) is 0 Å². The maximum absolute atomic E-state index is 5.95. The Balaban J connectivity index is 2.40. The number of hydrogen-bond acceptors (Lipinski definition) is 5. The average Bonchev–Trinajstić information content (AvgIpc) is 2.78. The van der Waals surface area contributed by atoms with Crippen LogP contribution >= 0.6 is 22.9 Å². The van der Waals surface area contributed by atoms with Crippen LogP contribution in [0, 0.1) is 0 Å². The summed E-state index contributed by atoms with van der Waals surface area (Å²) >= 11 is 7.43. The number of halogens is 1. The second-order valence-electron chi connectivity index (χ2n) is 3.01. The zero-order valence-corrected chi connectivity index (χ0v) is 10.4. The summed E-state index contributed by atoms with van der Waals surface area (Å²) in [4.78, 5) is 0. The molecule has 0 saturated heterocycles. The van der Waals surface area contributed by atoms with Gasteiger partial charge in [0.2, 0.25) is 5.13 Å². The van der Waals surface area contributed by atoms with E-state index in [2.05, 4.69) is 15.5 Å². The molecule has 1 aromatic heterocycles. The van der Waals surface area contributed by atoms with Gasteiger partial charge in [-0.15, -0.1) is 10.2 Å². The van der Waals surface area contributed by atoms with E-state index in [-0.39, 0.29) is 0 Å². The molecule has 6 heteroatoms. The van der Waals surface area contributed by atoms with Crippen molar-refractivity contribution in [2.45, 2.75) is 0 Å². The molecule has 4 nitrogen and oxygen atoms in total. The lowest BCUT2D eigenvalue weighted by atomic mass is 10.2. The molecule has 0 unspecified atom stereocenters. The van der Waals surface area contributed by atoms with Crippen LogP contribution in [-0.4, -0.2) is 24.4 Å². The number of anilines is 1. The first-order valence-corrected chi connectivity index (χ1v) is 5.79. The van der Waals surface area contributed by atoms with Crippen LogP contribution < -0.4 is 10.1 Å². The van der Waals surface area contributed by atoms with Gasteiger partial charge in [0.1, 0.15) is 10.8 Å². The molecule has 0 aliphatic rings. The highest BCUT2D eigenvalue weighted by Crippen LogP contribution is 2.32. The molecule has 84 valence electrons. The average molecular weight is 256 g/mol. The molecule has 1 N–H and O–H groups in total. The van der Waals surface area contributed by atoms with E-state index in [0.29, 0.717) is 10.8 Å². The van der Waals surface area contributed by atoms with Crippen molar-refractivity contribution in [1.29, 1.82) is 0 Å². The second kappa shape index (κ2) is 4.67. The summed E-state index contributed by atoms with van der Waals surface area (Å²) in [7, 11) is 3.40. The SMILES string of the molecule is CNc1nnc(-c2ccc(Cl)c(OC)c2)s1. The van der Waals surface area contributed by atoms with E-state index in [9.17, 15) is 0 Å². The summed E-state index contributed by atoms with van der Waals surface area (Å²) < 4.78 is 5.15. The summed E-state index contributed by atoms with van der Waals surface area (Å²) in [6, 6.07) is 5.53. The Kier molecular flexibility index (Phi) is 3.26. The van der Waals surface area contributed by atoms with Crippen molar-refractivity contribution in [2.24, 2.45) is 0 Å². The molecule has 0 amide bonds. The van der Waals surface area contributed by atoms with Crippen LogP contribution in [0.25, 0.3) is 10.6 Å². The first kappa shape index (κ1) is 11.2. The smallest absolute Gasteiger partial charge is 0.205 e. The summed E-state index contributed by atoms with van der Waals surface area (Å²) in [6.07, 6.45) is 0. The molecule has 0 bridgehead atoms. The minimum atomic E-state index is 0.588. The van der Waals surface area contributed by atoms with Gasteiger partial charge in [0, 0.05) is 12.6 Å². The lowest BCUT2D eigenvalue weighted by Gasteiger charge is -2.03. The van der Waals surface area contributed by atoms with E-state index in [4.69, 9.17) is 16.3 Å². The predicted octanol–water partition coefficient (Wildman–Crippen LogP) is 2.91. The Hall–Kier alpha value is -1.33. The van der Waals surface area contributed by atoms with Gasteiger partial charge in [0.15, 0.2) is 0 Å².